The monoisotopic (exact) mass is 386 g/mol. The average molecular weight is 387 g/mol. The predicted molar refractivity (Wildman–Crippen MR) is 112 cm³/mol. The van der Waals surface area contributed by atoms with Gasteiger partial charge in [0.15, 0.2) is 0 Å². The fourth-order valence-corrected chi connectivity index (χ4v) is 3.95. The molecule has 7 nitrogen and oxygen atoms in total. The second kappa shape index (κ2) is 9.98. The number of hydrogen-bond acceptors (Lipinski definition) is 6. The Morgan fingerprint density at radius 2 is 1.96 bits per heavy atom. The van der Waals surface area contributed by atoms with Gasteiger partial charge in [-0.2, -0.15) is 0 Å². The molecule has 2 aromatic heterocycles. The second-order valence-corrected chi connectivity index (χ2v) is 7.55. The predicted octanol–water partition coefficient (Wildman–Crippen LogP) is 2.61. The van der Waals surface area contributed by atoms with Gasteiger partial charge in [-0.05, 0) is 45.9 Å². The topological polar surface area (TPSA) is 59.3 Å². The molecule has 0 bridgehead atoms. The molecule has 2 unspecified atom stereocenters. The van der Waals surface area contributed by atoms with Crippen LogP contribution in [0.5, 0.6) is 0 Å². The molecule has 0 N–H and O–H groups in total. The zero-order chi connectivity index (χ0) is 19.9. The number of piperazine rings is 1. The highest BCUT2D eigenvalue weighted by Gasteiger charge is 2.31. The quantitative estimate of drug-likeness (QED) is 0.618. The van der Waals surface area contributed by atoms with Crippen LogP contribution in [0.4, 0.5) is 5.95 Å². The van der Waals surface area contributed by atoms with E-state index in [1.807, 2.05) is 31.3 Å². The third-order valence-electron chi connectivity index (χ3n) is 5.53. The molecule has 3 heterocycles. The minimum atomic E-state index is 0.411. The van der Waals surface area contributed by atoms with E-state index in [2.05, 4.69) is 50.3 Å². The van der Waals surface area contributed by atoms with Crippen molar-refractivity contribution in [3.63, 3.8) is 0 Å². The number of rotatable bonds is 9. The highest BCUT2D eigenvalue weighted by Crippen LogP contribution is 2.23. The Bertz CT molecular complexity index is 719. The maximum absolute atomic E-state index is 5.56. The van der Waals surface area contributed by atoms with Gasteiger partial charge in [0.2, 0.25) is 5.95 Å². The highest BCUT2D eigenvalue weighted by molar-refractivity contribution is 5.35. The van der Waals surface area contributed by atoms with Gasteiger partial charge in [-0.1, -0.05) is 13.0 Å². The maximum Gasteiger partial charge on any atom is 0.227 e. The first-order chi connectivity index (χ1) is 13.6. The van der Waals surface area contributed by atoms with Crippen molar-refractivity contribution in [2.24, 2.45) is 0 Å². The van der Waals surface area contributed by atoms with E-state index in [0.717, 1.165) is 63.3 Å². The second-order valence-electron chi connectivity index (χ2n) is 7.55. The number of nitrogens with zero attached hydrogens (tertiary/aromatic N) is 6. The van der Waals surface area contributed by atoms with E-state index in [0.29, 0.717) is 18.5 Å². The molecule has 0 amide bonds. The number of anilines is 1. The lowest BCUT2D eigenvalue weighted by Gasteiger charge is -2.44. The molecule has 154 valence electrons. The number of pyridine rings is 1. The molecule has 1 fully saturated rings. The summed E-state index contributed by atoms with van der Waals surface area (Å²) in [5.74, 6) is 1.96. The fourth-order valence-electron chi connectivity index (χ4n) is 3.95. The largest absolute Gasteiger partial charge is 0.382 e. The van der Waals surface area contributed by atoms with E-state index in [1.165, 1.54) is 0 Å². The molecular formula is C21H34N6O. The van der Waals surface area contributed by atoms with Crippen molar-refractivity contribution in [1.29, 1.82) is 0 Å². The van der Waals surface area contributed by atoms with Crippen LogP contribution in [0.1, 0.15) is 45.6 Å². The van der Waals surface area contributed by atoms with Crippen molar-refractivity contribution >= 4 is 5.95 Å². The number of likely N-dealkylation sites (N-methyl/N-ethyl adjacent to an activating group) is 1. The fraction of sp³-hybridized carbons (Fsp3) is 0.667. The van der Waals surface area contributed by atoms with E-state index in [4.69, 9.17) is 4.74 Å². The van der Waals surface area contributed by atoms with E-state index in [-0.39, 0.29) is 0 Å². The van der Waals surface area contributed by atoms with Crippen molar-refractivity contribution in [2.45, 2.75) is 59.2 Å². The molecule has 0 aliphatic carbocycles. The maximum atomic E-state index is 5.56. The van der Waals surface area contributed by atoms with Crippen molar-refractivity contribution < 1.29 is 4.74 Å². The van der Waals surface area contributed by atoms with Gasteiger partial charge in [0.05, 0.1) is 6.42 Å². The van der Waals surface area contributed by atoms with Crippen molar-refractivity contribution in [3.8, 4) is 0 Å². The molecule has 2 aromatic rings. The summed E-state index contributed by atoms with van der Waals surface area (Å²) in [6, 6.07) is 6.93. The first kappa shape index (κ1) is 20.7. The Kier molecular flexibility index (Phi) is 7.39. The van der Waals surface area contributed by atoms with Gasteiger partial charge in [-0.3, -0.25) is 14.5 Å². The first-order valence-corrected chi connectivity index (χ1v) is 10.5. The summed E-state index contributed by atoms with van der Waals surface area (Å²) in [6.45, 7) is 14.3. The Morgan fingerprint density at radius 1 is 1.11 bits per heavy atom. The van der Waals surface area contributed by atoms with Crippen LogP contribution in [0.3, 0.4) is 0 Å². The normalized spacial score (nSPS) is 20.6. The van der Waals surface area contributed by atoms with Crippen LogP contribution in [-0.2, 0) is 17.7 Å². The first-order valence-electron chi connectivity index (χ1n) is 10.5. The number of hydrogen-bond donors (Lipinski definition) is 0. The van der Waals surface area contributed by atoms with Crippen molar-refractivity contribution in [2.75, 3.05) is 37.7 Å². The molecular weight excluding hydrogens is 352 g/mol. The highest BCUT2D eigenvalue weighted by atomic mass is 16.5. The van der Waals surface area contributed by atoms with Crippen LogP contribution in [0.2, 0.25) is 0 Å². The summed E-state index contributed by atoms with van der Waals surface area (Å²) < 4.78 is 7.83. The lowest BCUT2D eigenvalue weighted by atomic mass is 10.1. The lowest BCUT2D eigenvalue weighted by Crippen LogP contribution is -2.57. The Morgan fingerprint density at radius 3 is 2.68 bits per heavy atom. The van der Waals surface area contributed by atoms with Crippen LogP contribution in [-0.4, -0.2) is 69.6 Å². The molecule has 0 aromatic carbocycles. The van der Waals surface area contributed by atoms with E-state index in [9.17, 15) is 0 Å². The van der Waals surface area contributed by atoms with Gasteiger partial charge >= 0.3 is 0 Å². The van der Waals surface area contributed by atoms with Gasteiger partial charge in [0.25, 0.3) is 0 Å². The van der Waals surface area contributed by atoms with Gasteiger partial charge in [-0.15, -0.1) is 10.2 Å². The number of ether oxygens (including phenoxy) is 1. The third kappa shape index (κ3) is 4.89. The smallest absolute Gasteiger partial charge is 0.227 e. The molecule has 1 saturated heterocycles. The van der Waals surface area contributed by atoms with Gasteiger partial charge < -0.3 is 9.64 Å². The van der Waals surface area contributed by atoms with E-state index >= 15 is 0 Å². The van der Waals surface area contributed by atoms with Crippen molar-refractivity contribution in [3.05, 3.63) is 35.9 Å². The summed E-state index contributed by atoms with van der Waals surface area (Å²) in [4.78, 5) is 9.43. The zero-order valence-corrected chi connectivity index (χ0v) is 17.7. The molecule has 28 heavy (non-hydrogen) atoms. The number of aromatic nitrogens is 4. The summed E-state index contributed by atoms with van der Waals surface area (Å²) in [5, 5.41) is 9.18. The Labute approximate surface area is 168 Å². The molecule has 0 spiro atoms. The van der Waals surface area contributed by atoms with Gasteiger partial charge in [0, 0.05) is 56.8 Å². The zero-order valence-electron chi connectivity index (χ0n) is 17.7. The minimum Gasteiger partial charge on any atom is -0.382 e. The summed E-state index contributed by atoms with van der Waals surface area (Å²) >= 11 is 0. The molecule has 3 rings (SSSR count). The molecule has 0 saturated carbocycles. The summed E-state index contributed by atoms with van der Waals surface area (Å²) in [5.41, 5.74) is 1.02. The summed E-state index contributed by atoms with van der Waals surface area (Å²) in [6.07, 6.45) is 3.48. The Balaban J connectivity index is 1.83. The van der Waals surface area contributed by atoms with Gasteiger partial charge in [0.1, 0.15) is 5.82 Å². The molecule has 0 radical (unpaired) electrons. The molecule has 1 aliphatic heterocycles. The average Bonchev–Trinajstić information content (AvgIpc) is 3.09. The lowest BCUT2D eigenvalue weighted by molar-refractivity contribution is 0.141. The van der Waals surface area contributed by atoms with Crippen LogP contribution >= 0.6 is 0 Å². The van der Waals surface area contributed by atoms with Crippen LogP contribution < -0.4 is 4.90 Å². The molecule has 7 heteroatoms. The van der Waals surface area contributed by atoms with Crippen LogP contribution in [0.15, 0.2) is 24.4 Å². The standard InChI is InChI=1S/C21H34N6O/c1-5-25-15-18(4)27(16-17(25)3)21-24-23-20(14-19-10-7-8-11-22-19)26(21)12-9-13-28-6-2/h7-8,10-11,17-18H,5-6,9,12-16H2,1-4H3. The van der Waals surface area contributed by atoms with Gasteiger partial charge in [-0.25, -0.2) is 0 Å². The van der Waals surface area contributed by atoms with Crippen LogP contribution in [0.25, 0.3) is 0 Å². The van der Waals surface area contributed by atoms with E-state index < -0.39 is 0 Å². The van der Waals surface area contributed by atoms with E-state index in [1.54, 1.807) is 0 Å². The SMILES string of the molecule is CCOCCCn1c(Cc2ccccn2)nnc1N1CC(C)N(CC)CC1C. The molecule has 1 aliphatic rings. The Hall–Kier alpha value is -1.99. The third-order valence-corrected chi connectivity index (χ3v) is 5.53. The molecule has 2 atom stereocenters. The minimum absolute atomic E-state index is 0.411. The van der Waals surface area contributed by atoms with Crippen molar-refractivity contribution in [1.82, 2.24) is 24.6 Å². The summed E-state index contributed by atoms with van der Waals surface area (Å²) in [7, 11) is 0. The van der Waals surface area contributed by atoms with Crippen LogP contribution in [0, 0.1) is 0 Å².